The molecule has 2 aliphatic heterocycles. The summed E-state index contributed by atoms with van der Waals surface area (Å²) in [6.45, 7) is 5.81. The predicted octanol–water partition coefficient (Wildman–Crippen LogP) is 0.671. The molecular formula is C17H24N4O3. The number of hydrogen-bond acceptors (Lipinski definition) is 4. The van der Waals surface area contributed by atoms with Crippen LogP contribution in [0.4, 0.5) is 0 Å². The molecule has 1 saturated carbocycles. The lowest BCUT2D eigenvalue weighted by atomic mass is 10.1. The van der Waals surface area contributed by atoms with Crippen molar-refractivity contribution in [3.63, 3.8) is 0 Å². The highest BCUT2D eigenvalue weighted by Crippen LogP contribution is 2.40. The molecule has 2 amide bonds. The van der Waals surface area contributed by atoms with Crippen LogP contribution in [0.1, 0.15) is 31.5 Å². The van der Waals surface area contributed by atoms with E-state index in [1.54, 1.807) is 6.20 Å². The fourth-order valence-electron chi connectivity index (χ4n) is 3.75. The van der Waals surface area contributed by atoms with Gasteiger partial charge in [-0.05, 0) is 18.4 Å². The summed E-state index contributed by atoms with van der Waals surface area (Å²) in [4.78, 5) is 29.0. The van der Waals surface area contributed by atoms with Gasteiger partial charge in [-0.3, -0.25) is 14.3 Å². The Bertz CT molecular complexity index is 638. The van der Waals surface area contributed by atoms with E-state index in [1.807, 2.05) is 20.5 Å². The summed E-state index contributed by atoms with van der Waals surface area (Å²) in [7, 11) is 0. The SMILES string of the molecule is CC1CC1C(=O)N1Cc2ccnn2C(CC(=O)N2CCOCC2)C1. The minimum Gasteiger partial charge on any atom is -0.378 e. The third-order valence-electron chi connectivity index (χ3n) is 5.39. The maximum atomic E-state index is 12.6. The molecule has 7 nitrogen and oxygen atoms in total. The van der Waals surface area contributed by atoms with Crippen LogP contribution in [-0.4, -0.2) is 64.2 Å². The van der Waals surface area contributed by atoms with Crippen LogP contribution in [0, 0.1) is 11.8 Å². The highest BCUT2D eigenvalue weighted by Gasteiger charge is 2.43. The summed E-state index contributed by atoms with van der Waals surface area (Å²) >= 11 is 0. The average Bonchev–Trinajstić information content (AvgIpc) is 3.13. The van der Waals surface area contributed by atoms with Crippen LogP contribution in [-0.2, 0) is 20.9 Å². The van der Waals surface area contributed by atoms with Gasteiger partial charge in [0.25, 0.3) is 0 Å². The van der Waals surface area contributed by atoms with Crippen molar-refractivity contribution >= 4 is 11.8 Å². The Kier molecular flexibility index (Phi) is 4.04. The second kappa shape index (κ2) is 6.20. The minimum atomic E-state index is -0.0721. The van der Waals surface area contributed by atoms with Crippen molar-refractivity contribution in [2.75, 3.05) is 32.8 Å². The van der Waals surface area contributed by atoms with Gasteiger partial charge in [0, 0.05) is 31.7 Å². The van der Waals surface area contributed by atoms with Gasteiger partial charge in [0.2, 0.25) is 11.8 Å². The van der Waals surface area contributed by atoms with Gasteiger partial charge in [0.15, 0.2) is 0 Å². The van der Waals surface area contributed by atoms with Gasteiger partial charge in [-0.15, -0.1) is 0 Å². The predicted molar refractivity (Wildman–Crippen MR) is 86.0 cm³/mol. The Morgan fingerprint density at radius 2 is 2.04 bits per heavy atom. The van der Waals surface area contributed by atoms with Crippen LogP contribution < -0.4 is 0 Å². The first-order valence-electron chi connectivity index (χ1n) is 8.80. The highest BCUT2D eigenvalue weighted by atomic mass is 16.5. The van der Waals surface area contributed by atoms with Crippen molar-refractivity contribution in [2.24, 2.45) is 11.8 Å². The van der Waals surface area contributed by atoms with E-state index >= 15 is 0 Å². The van der Waals surface area contributed by atoms with Crippen molar-refractivity contribution in [3.8, 4) is 0 Å². The number of hydrogen-bond donors (Lipinski definition) is 0. The molecule has 4 rings (SSSR count). The lowest BCUT2D eigenvalue weighted by Crippen LogP contribution is -2.46. The Morgan fingerprint density at radius 1 is 1.29 bits per heavy atom. The zero-order valence-corrected chi connectivity index (χ0v) is 14.1. The summed E-state index contributed by atoms with van der Waals surface area (Å²) < 4.78 is 7.24. The topological polar surface area (TPSA) is 67.7 Å². The largest absolute Gasteiger partial charge is 0.378 e. The molecule has 1 aromatic heterocycles. The van der Waals surface area contributed by atoms with Crippen LogP contribution in [0.5, 0.6) is 0 Å². The Balaban J connectivity index is 1.47. The van der Waals surface area contributed by atoms with Gasteiger partial charge >= 0.3 is 0 Å². The second-order valence-corrected chi connectivity index (χ2v) is 7.16. The van der Waals surface area contributed by atoms with Crippen molar-refractivity contribution in [2.45, 2.75) is 32.4 Å². The monoisotopic (exact) mass is 332 g/mol. The molecule has 1 aromatic rings. The van der Waals surface area contributed by atoms with E-state index in [4.69, 9.17) is 4.74 Å². The van der Waals surface area contributed by atoms with E-state index in [0.29, 0.717) is 51.7 Å². The molecule has 2 fully saturated rings. The number of ether oxygens (including phenoxy) is 1. The molecule has 0 aromatic carbocycles. The van der Waals surface area contributed by atoms with Crippen LogP contribution in [0.25, 0.3) is 0 Å². The summed E-state index contributed by atoms with van der Waals surface area (Å²) in [5.74, 6) is 1.03. The summed E-state index contributed by atoms with van der Waals surface area (Å²) in [6, 6.07) is 1.87. The highest BCUT2D eigenvalue weighted by molar-refractivity contribution is 5.82. The number of morpholine rings is 1. The van der Waals surface area contributed by atoms with Crippen LogP contribution >= 0.6 is 0 Å². The molecule has 7 heteroatoms. The molecule has 0 N–H and O–H groups in total. The second-order valence-electron chi connectivity index (χ2n) is 7.16. The molecule has 24 heavy (non-hydrogen) atoms. The average molecular weight is 332 g/mol. The first kappa shape index (κ1) is 15.6. The quantitative estimate of drug-likeness (QED) is 0.816. The third kappa shape index (κ3) is 2.92. The van der Waals surface area contributed by atoms with E-state index < -0.39 is 0 Å². The summed E-state index contributed by atoms with van der Waals surface area (Å²) in [6.07, 6.45) is 3.14. The van der Waals surface area contributed by atoms with Gasteiger partial charge in [0.1, 0.15) is 0 Å². The number of nitrogens with zero attached hydrogens (tertiary/aromatic N) is 4. The van der Waals surface area contributed by atoms with Crippen molar-refractivity contribution in [3.05, 3.63) is 18.0 Å². The lowest BCUT2D eigenvalue weighted by Gasteiger charge is -2.35. The van der Waals surface area contributed by atoms with E-state index in [9.17, 15) is 9.59 Å². The molecule has 130 valence electrons. The van der Waals surface area contributed by atoms with Crippen molar-refractivity contribution < 1.29 is 14.3 Å². The van der Waals surface area contributed by atoms with Crippen molar-refractivity contribution in [1.82, 2.24) is 19.6 Å². The zero-order chi connectivity index (χ0) is 16.7. The fourth-order valence-corrected chi connectivity index (χ4v) is 3.75. The maximum absolute atomic E-state index is 12.6. The lowest BCUT2D eigenvalue weighted by molar-refractivity contribution is -0.139. The van der Waals surface area contributed by atoms with Gasteiger partial charge < -0.3 is 14.5 Å². The Labute approximate surface area is 141 Å². The molecule has 0 spiro atoms. The first-order chi connectivity index (χ1) is 11.6. The molecule has 1 aliphatic carbocycles. The zero-order valence-electron chi connectivity index (χ0n) is 14.1. The Morgan fingerprint density at radius 3 is 2.75 bits per heavy atom. The van der Waals surface area contributed by atoms with Crippen LogP contribution in [0.3, 0.4) is 0 Å². The first-order valence-corrected chi connectivity index (χ1v) is 8.80. The summed E-state index contributed by atoms with van der Waals surface area (Å²) in [5.41, 5.74) is 1.02. The molecule has 1 saturated heterocycles. The number of fused-ring (bicyclic) bond motifs is 1. The molecule has 0 bridgehead atoms. The van der Waals surface area contributed by atoms with Gasteiger partial charge in [0.05, 0.1) is 37.9 Å². The van der Waals surface area contributed by atoms with E-state index in [2.05, 4.69) is 12.0 Å². The maximum Gasteiger partial charge on any atom is 0.226 e. The molecule has 0 radical (unpaired) electrons. The van der Waals surface area contributed by atoms with Crippen LogP contribution in [0.15, 0.2) is 12.3 Å². The molecule has 3 unspecified atom stereocenters. The van der Waals surface area contributed by atoms with Gasteiger partial charge in [-0.2, -0.15) is 5.10 Å². The fraction of sp³-hybridized carbons (Fsp3) is 0.706. The van der Waals surface area contributed by atoms with E-state index in [-0.39, 0.29) is 23.8 Å². The summed E-state index contributed by atoms with van der Waals surface area (Å²) in [5, 5.41) is 4.39. The number of aromatic nitrogens is 2. The van der Waals surface area contributed by atoms with Gasteiger partial charge in [-0.1, -0.05) is 6.92 Å². The van der Waals surface area contributed by atoms with Crippen LogP contribution in [0.2, 0.25) is 0 Å². The molecule has 3 atom stereocenters. The van der Waals surface area contributed by atoms with E-state index in [0.717, 1.165) is 12.1 Å². The minimum absolute atomic E-state index is 0.0721. The molecule has 3 aliphatic rings. The standard InChI is InChI=1S/C17H24N4O3/c1-12-8-15(12)17(23)20-10-13-2-3-18-21(13)14(11-20)9-16(22)19-4-6-24-7-5-19/h2-3,12,14-15H,4-11H2,1H3. The van der Waals surface area contributed by atoms with E-state index in [1.165, 1.54) is 0 Å². The molecule has 3 heterocycles. The number of carbonyl (C=O) groups is 2. The normalized spacial score (nSPS) is 29.3. The van der Waals surface area contributed by atoms with Gasteiger partial charge in [-0.25, -0.2) is 0 Å². The number of rotatable bonds is 3. The smallest absolute Gasteiger partial charge is 0.226 e. The molecular weight excluding hydrogens is 308 g/mol. The number of carbonyl (C=O) groups excluding carboxylic acids is 2. The third-order valence-corrected chi connectivity index (χ3v) is 5.39. The number of amides is 2. The Hall–Kier alpha value is -1.89. The van der Waals surface area contributed by atoms with Crippen molar-refractivity contribution in [1.29, 1.82) is 0 Å².